The van der Waals surface area contributed by atoms with E-state index in [1.165, 1.54) is 10.4 Å². The van der Waals surface area contributed by atoms with Gasteiger partial charge in [-0.05, 0) is 41.9 Å². The summed E-state index contributed by atoms with van der Waals surface area (Å²) >= 11 is 3.59. The molecule has 1 heterocycles. The lowest BCUT2D eigenvalue weighted by atomic mass is 10.2. The van der Waals surface area contributed by atoms with Crippen molar-refractivity contribution in [2.45, 2.75) is 20.1 Å². The Bertz CT molecular complexity index is 572. The first kappa shape index (κ1) is 18.2. The molecule has 126 valence electrons. The molecule has 0 saturated carbocycles. The summed E-state index contributed by atoms with van der Waals surface area (Å²) in [5, 5.41) is 2.06. The minimum absolute atomic E-state index is 0.585. The van der Waals surface area contributed by atoms with Crippen LogP contribution in [0.25, 0.3) is 0 Å². The van der Waals surface area contributed by atoms with E-state index in [1.807, 2.05) is 23.9 Å². The molecule has 0 saturated heterocycles. The number of thiophene rings is 1. The van der Waals surface area contributed by atoms with Gasteiger partial charge in [0.15, 0.2) is 11.5 Å². The fourth-order valence-corrected chi connectivity index (χ4v) is 3.36. The molecule has 3 nitrogen and oxygen atoms in total. The van der Waals surface area contributed by atoms with E-state index in [-0.39, 0.29) is 0 Å². The predicted molar refractivity (Wildman–Crippen MR) is 101 cm³/mol. The topological polar surface area (TPSA) is 21.7 Å². The highest BCUT2D eigenvalue weighted by atomic mass is 32.2. The van der Waals surface area contributed by atoms with Gasteiger partial charge in [-0.15, -0.1) is 11.3 Å². The van der Waals surface area contributed by atoms with E-state index in [2.05, 4.69) is 41.7 Å². The molecule has 0 radical (unpaired) electrons. The molecule has 0 fully saturated rings. The molecule has 5 heteroatoms. The third kappa shape index (κ3) is 5.75. The second-order valence-electron chi connectivity index (χ2n) is 5.21. The van der Waals surface area contributed by atoms with E-state index in [0.717, 1.165) is 36.9 Å². The van der Waals surface area contributed by atoms with E-state index >= 15 is 0 Å². The van der Waals surface area contributed by atoms with Crippen molar-refractivity contribution in [2.24, 2.45) is 0 Å². The molecule has 0 aliphatic rings. The fourth-order valence-electron chi connectivity index (χ4n) is 2.30. The number of rotatable bonds is 10. The van der Waals surface area contributed by atoms with E-state index < -0.39 is 0 Å². The maximum Gasteiger partial charge on any atom is 0.161 e. The van der Waals surface area contributed by atoms with Crippen LogP contribution in [0.1, 0.15) is 17.4 Å². The van der Waals surface area contributed by atoms with E-state index in [9.17, 15) is 0 Å². The van der Waals surface area contributed by atoms with Crippen LogP contribution >= 0.6 is 23.1 Å². The first-order chi connectivity index (χ1) is 11.3. The van der Waals surface area contributed by atoms with Gasteiger partial charge in [0.1, 0.15) is 6.61 Å². The molecule has 0 atom stereocenters. The van der Waals surface area contributed by atoms with Crippen molar-refractivity contribution in [3.05, 3.63) is 46.2 Å². The highest BCUT2D eigenvalue weighted by Gasteiger charge is 2.09. The summed E-state index contributed by atoms with van der Waals surface area (Å²) < 4.78 is 11.4. The molecule has 2 aromatic rings. The van der Waals surface area contributed by atoms with Gasteiger partial charge in [-0.3, -0.25) is 4.90 Å². The van der Waals surface area contributed by atoms with Gasteiger partial charge in [-0.2, -0.15) is 11.8 Å². The number of ether oxygens (including phenoxy) is 2. The number of benzene rings is 1. The lowest BCUT2D eigenvalue weighted by Crippen LogP contribution is -2.25. The molecular weight excluding hydrogens is 326 g/mol. The Morgan fingerprint density at radius 1 is 1.22 bits per heavy atom. The molecule has 2 rings (SSSR count). The largest absolute Gasteiger partial charge is 0.493 e. The van der Waals surface area contributed by atoms with Crippen molar-refractivity contribution in [1.29, 1.82) is 0 Å². The van der Waals surface area contributed by atoms with Crippen molar-refractivity contribution in [3.63, 3.8) is 0 Å². The average Bonchev–Trinajstić information content (AvgIpc) is 3.10. The Hall–Kier alpha value is -1.17. The fraction of sp³-hybridized carbons (Fsp3) is 0.444. The molecule has 0 amide bonds. The summed E-state index contributed by atoms with van der Waals surface area (Å²) in [5.74, 6) is 2.77. The summed E-state index contributed by atoms with van der Waals surface area (Å²) in [6.07, 6.45) is 2.15. The summed E-state index contributed by atoms with van der Waals surface area (Å²) in [7, 11) is 1.70. The standard InChI is InChI=1S/C18H25NO2S2/c1-4-19(9-11-22-3)13-15-7-8-17(18(12-15)20-2)21-14-16-6-5-10-23-16/h5-8,10,12H,4,9,11,13-14H2,1-3H3. The zero-order chi connectivity index (χ0) is 16.5. The van der Waals surface area contributed by atoms with Crippen molar-refractivity contribution in [3.8, 4) is 11.5 Å². The molecule has 23 heavy (non-hydrogen) atoms. The number of nitrogens with zero attached hydrogens (tertiary/aromatic N) is 1. The van der Waals surface area contributed by atoms with Crippen LogP contribution in [-0.2, 0) is 13.2 Å². The molecule has 0 aliphatic heterocycles. The second kappa shape index (κ2) is 9.85. The summed E-state index contributed by atoms with van der Waals surface area (Å²) in [6, 6.07) is 10.4. The van der Waals surface area contributed by atoms with Crippen LogP contribution in [0, 0.1) is 0 Å². The Morgan fingerprint density at radius 2 is 2.09 bits per heavy atom. The lowest BCUT2D eigenvalue weighted by molar-refractivity contribution is 0.283. The number of methoxy groups -OCH3 is 1. The van der Waals surface area contributed by atoms with Crippen LogP contribution in [0.4, 0.5) is 0 Å². The van der Waals surface area contributed by atoms with Gasteiger partial charge in [0.25, 0.3) is 0 Å². The molecule has 0 bridgehead atoms. The predicted octanol–water partition coefficient (Wildman–Crippen LogP) is 4.52. The Kier molecular flexibility index (Phi) is 7.79. The summed E-state index contributed by atoms with van der Waals surface area (Å²) in [6.45, 7) is 5.90. The second-order valence-corrected chi connectivity index (χ2v) is 7.23. The van der Waals surface area contributed by atoms with Crippen molar-refractivity contribution >= 4 is 23.1 Å². The van der Waals surface area contributed by atoms with Gasteiger partial charge in [0.2, 0.25) is 0 Å². The first-order valence-corrected chi connectivity index (χ1v) is 10.1. The summed E-state index contributed by atoms with van der Waals surface area (Å²) in [4.78, 5) is 3.66. The maximum absolute atomic E-state index is 5.89. The highest BCUT2D eigenvalue weighted by Crippen LogP contribution is 2.29. The third-order valence-corrected chi connectivity index (χ3v) is 5.08. The van der Waals surface area contributed by atoms with Crippen LogP contribution in [-0.4, -0.2) is 37.1 Å². The van der Waals surface area contributed by atoms with Crippen LogP contribution in [0.3, 0.4) is 0 Å². The molecule has 0 aliphatic carbocycles. The molecular formula is C18H25NO2S2. The Morgan fingerprint density at radius 3 is 2.74 bits per heavy atom. The van der Waals surface area contributed by atoms with Crippen LogP contribution in [0.5, 0.6) is 11.5 Å². The first-order valence-electron chi connectivity index (χ1n) is 7.80. The number of hydrogen-bond donors (Lipinski definition) is 0. The Labute approximate surface area is 147 Å². The maximum atomic E-state index is 5.89. The number of thioether (sulfide) groups is 1. The minimum atomic E-state index is 0.585. The lowest BCUT2D eigenvalue weighted by Gasteiger charge is -2.20. The van der Waals surface area contributed by atoms with Gasteiger partial charge in [-0.1, -0.05) is 19.1 Å². The van der Waals surface area contributed by atoms with E-state index in [0.29, 0.717) is 6.61 Å². The van der Waals surface area contributed by atoms with Crippen LogP contribution < -0.4 is 9.47 Å². The number of hydrogen-bond acceptors (Lipinski definition) is 5. The van der Waals surface area contributed by atoms with Gasteiger partial charge in [0.05, 0.1) is 7.11 Å². The van der Waals surface area contributed by atoms with Crippen molar-refractivity contribution < 1.29 is 9.47 Å². The Balaban J connectivity index is 2.00. The molecule has 1 aromatic heterocycles. The zero-order valence-corrected chi connectivity index (χ0v) is 15.7. The van der Waals surface area contributed by atoms with E-state index in [4.69, 9.17) is 9.47 Å². The van der Waals surface area contributed by atoms with Gasteiger partial charge in [-0.25, -0.2) is 0 Å². The van der Waals surface area contributed by atoms with Gasteiger partial charge >= 0.3 is 0 Å². The molecule has 1 aromatic carbocycles. The van der Waals surface area contributed by atoms with Gasteiger partial charge < -0.3 is 9.47 Å². The third-order valence-electron chi connectivity index (χ3n) is 3.64. The average molecular weight is 352 g/mol. The molecule has 0 N–H and O–H groups in total. The molecule has 0 spiro atoms. The highest BCUT2D eigenvalue weighted by molar-refractivity contribution is 7.98. The quantitative estimate of drug-likeness (QED) is 0.627. The molecule has 0 unspecified atom stereocenters. The minimum Gasteiger partial charge on any atom is -0.493 e. The van der Waals surface area contributed by atoms with Crippen molar-refractivity contribution in [2.75, 3.05) is 32.2 Å². The van der Waals surface area contributed by atoms with Crippen LogP contribution in [0.15, 0.2) is 35.7 Å². The van der Waals surface area contributed by atoms with Crippen molar-refractivity contribution in [1.82, 2.24) is 4.90 Å². The normalized spacial score (nSPS) is 11.0. The van der Waals surface area contributed by atoms with E-state index in [1.54, 1.807) is 18.4 Å². The van der Waals surface area contributed by atoms with Crippen LogP contribution in [0.2, 0.25) is 0 Å². The summed E-state index contributed by atoms with van der Waals surface area (Å²) in [5.41, 5.74) is 1.26. The SMILES string of the molecule is CCN(CCSC)Cc1ccc(OCc2cccs2)c(OC)c1. The zero-order valence-electron chi connectivity index (χ0n) is 14.1. The monoisotopic (exact) mass is 351 g/mol. The smallest absolute Gasteiger partial charge is 0.161 e. The van der Waals surface area contributed by atoms with Gasteiger partial charge in [0, 0.05) is 23.7 Å².